The molecule has 0 aliphatic carbocycles. The predicted molar refractivity (Wildman–Crippen MR) is 86.7 cm³/mol. The molecule has 0 aromatic carbocycles. The van der Waals surface area contributed by atoms with E-state index in [-0.39, 0.29) is 5.78 Å². The lowest BCUT2D eigenvalue weighted by Gasteiger charge is -2.26. The van der Waals surface area contributed by atoms with Crippen molar-refractivity contribution in [2.24, 2.45) is 10.2 Å². The van der Waals surface area contributed by atoms with Gasteiger partial charge in [0, 0.05) is 32.6 Å². The molecule has 0 N–H and O–H groups in total. The minimum atomic E-state index is 0.0961. The average Bonchev–Trinajstić information content (AvgIpc) is 2.53. The molecular weight excluding hydrogens is 264 g/mol. The van der Waals surface area contributed by atoms with E-state index in [1.807, 2.05) is 18.9 Å². The third kappa shape index (κ3) is 4.83. The zero-order valence-electron chi connectivity index (χ0n) is 13.5. The molecule has 2 heterocycles. The van der Waals surface area contributed by atoms with E-state index in [4.69, 9.17) is 0 Å². The SMILES string of the molecule is CCC(=O)C(=N\N1CCCCC1)/C(C)=N/N1CCCCC1. The van der Waals surface area contributed by atoms with Gasteiger partial charge in [0.25, 0.3) is 0 Å². The zero-order chi connectivity index (χ0) is 15.1. The molecule has 0 unspecified atom stereocenters. The van der Waals surface area contributed by atoms with Crippen LogP contribution in [0.5, 0.6) is 0 Å². The summed E-state index contributed by atoms with van der Waals surface area (Å²) in [6, 6.07) is 0. The minimum absolute atomic E-state index is 0.0961. The maximum atomic E-state index is 12.2. The lowest BCUT2D eigenvalue weighted by atomic mass is 10.1. The van der Waals surface area contributed by atoms with Gasteiger partial charge in [-0.25, -0.2) is 0 Å². The number of rotatable bonds is 5. The van der Waals surface area contributed by atoms with Gasteiger partial charge >= 0.3 is 0 Å². The Balaban J connectivity index is 2.11. The first kappa shape index (κ1) is 16.0. The van der Waals surface area contributed by atoms with E-state index in [1.54, 1.807) is 0 Å². The molecule has 2 aliphatic rings. The van der Waals surface area contributed by atoms with Gasteiger partial charge in [0.2, 0.25) is 0 Å². The molecule has 0 saturated carbocycles. The van der Waals surface area contributed by atoms with E-state index in [0.29, 0.717) is 12.1 Å². The fourth-order valence-electron chi connectivity index (χ4n) is 2.85. The fraction of sp³-hybridized carbons (Fsp3) is 0.812. The van der Waals surface area contributed by atoms with Gasteiger partial charge in [-0.05, 0) is 45.4 Å². The summed E-state index contributed by atoms with van der Waals surface area (Å²) in [4.78, 5) is 12.2. The van der Waals surface area contributed by atoms with Crippen molar-refractivity contribution in [3.05, 3.63) is 0 Å². The second-order valence-corrected chi connectivity index (χ2v) is 5.94. The monoisotopic (exact) mass is 292 g/mol. The van der Waals surface area contributed by atoms with Crippen LogP contribution in [-0.2, 0) is 4.79 Å². The number of nitrogens with zero attached hydrogens (tertiary/aromatic N) is 4. The van der Waals surface area contributed by atoms with Crippen LogP contribution in [0, 0.1) is 0 Å². The van der Waals surface area contributed by atoms with E-state index >= 15 is 0 Å². The Morgan fingerprint density at radius 2 is 1.33 bits per heavy atom. The molecule has 2 rings (SSSR count). The summed E-state index contributed by atoms with van der Waals surface area (Å²) in [5, 5.41) is 13.4. The fourth-order valence-corrected chi connectivity index (χ4v) is 2.85. The van der Waals surface area contributed by atoms with Gasteiger partial charge in [-0.2, -0.15) is 10.2 Å². The molecule has 2 aliphatic heterocycles. The molecule has 21 heavy (non-hydrogen) atoms. The zero-order valence-corrected chi connectivity index (χ0v) is 13.5. The summed E-state index contributed by atoms with van der Waals surface area (Å²) in [5.41, 5.74) is 1.33. The van der Waals surface area contributed by atoms with Crippen LogP contribution in [0.3, 0.4) is 0 Å². The molecule has 2 saturated heterocycles. The number of hydrazone groups is 2. The topological polar surface area (TPSA) is 48.3 Å². The molecule has 0 aromatic heterocycles. The van der Waals surface area contributed by atoms with Crippen molar-refractivity contribution >= 4 is 17.2 Å². The van der Waals surface area contributed by atoms with E-state index < -0.39 is 0 Å². The highest BCUT2D eigenvalue weighted by Crippen LogP contribution is 2.11. The Labute approximate surface area is 128 Å². The Hall–Kier alpha value is -1.39. The molecule has 0 atom stereocenters. The number of ketones is 1. The number of carbonyl (C=O) groups is 1. The summed E-state index contributed by atoms with van der Waals surface area (Å²) in [6.07, 6.45) is 7.75. The minimum Gasteiger partial charge on any atom is -0.297 e. The molecule has 5 nitrogen and oxygen atoms in total. The van der Waals surface area contributed by atoms with Gasteiger partial charge in [-0.1, -0.05) is 6.92 Å². The van der Waals surface area contributed by atoms with E-state index in [2.05, 4.69) is 15.2 Å². The number of carbonyl (C=O) groups excluding carboxylic acids is 1. The second kappa shape index (κ2) is 8.15. The third-order valence-corrected chi connectivity index (χ3v) is 4.13. The maximum Gasteiger partial charge on any atom is 0.184 e. The van der Waals surface area contributed by atoms with Crippen molar-refractivity contribution in [1.29, 1.82) is 0 Å². The smallest absolute Gasteiger partial charge is 0.184 e. The number of Topliss-reactive ketones (excluding diaryl/α,β-unsaturated/α-hetero) is 1. The van der Waals surface area contributed by atoms with E-state index in [1.165, 1.54) is 38.5 Å². The summed E-state index contributed by atoms with van der Waals surface area (Å²) < 4.78 is 0. The Morgan fingerprint density at radius 3 is 1.81 bits per heavy atom. The standard InChI is InChI=1S/C16H28N4O/c1-3-15(21)16(18-20-12-8-5-9-13-20)14(2)17-19-10-6-4-7-11-19/h3-13H2,1-2H3/b17-14+,18-16-. The Bertz CT molecular complexity index is 405. The maximum absolute atomic E-state index is 12.2. The molecular formula is C16H28N4O. The lowest BCUT2D eigenvalue weighted by Crippen LogP contribution is -2.33. The van der Waals surface area contributed by atoms with Crippen molar-refractivity contribution < 1.29 is 4.79 Å². The third-order valence-electron chi connectivity index (χ3n) is 4.13. The average molecular weight is 292 g/mol. The molecule has 0 spiro atoms. The van der Waals surface area contributed by atoms with Crippen LogP contribution in [0.15, 0.2) is 10.2 Å². The number of hydrogen-bond donors (Lipinski definition) is 0. The predicted octanol–water partition coefficient (Wildman–Crippen LogP) is 2.67. The van der Waals surface area contributed by atoms with Crippen LogP contribution < -0.4 is 0 Å². The van der Waals surface area contributed by atoms with Crippen LogP contribution in [0.25, 0.3) is 0 Å². The molecule has 5 heteroatoms. The Kier molecular flexibility index (Phi) is 6.21. The van der Waals surface area contributed by atoms with Crippen molar-refractivity contribution in [1.82, 2.24) is 10.0 Å². The summed E-state index contributed by atoms with van der Waals surface area (Å²) >= 11 is 0. The van der Waals surface area contributed by atoms with Gasteiger partial charge < -0.3 is 0 Å². The summed E-state index contributed by atoms with van der Waals surface area (Å²) in [5.74, 6) is 0.0961. The summed E-state index contributed by atoms with van der Waals surface area (Å²) in [6.45, 7) is 7.71. The normalized spacial score (nSPS) is 21.6. The molecule has 0 amide bonds. The molecule has 2 fully saturated rings. The van der Waals surface area contributed by atoms with Crippen molar-refractivity contribution in [2.45, 2.75) is 58.8 Å². The summed E-state index contributed by atoms with van der Waals surface area (Å²) in [7, 11) is 0. The van der Waals surface area contributed by atoms with Crippen LogP contribution in [0.2, 0.25) is 0 Å². The molecule has 0 radical (unpaired) electrons. The highest BCUT2D eigenvalue weighted by Gasteiger charge is 2.18. The molecule has 0 bridgehead atoms. The molecule has 0 aromatic rings. The first-order valence-corrected chi connectivity index (χ1v) is 8.38. The van der Waals surface area contributed by atoms with Crippen LogP contribution in [0.1, 0.15) is 58.8 Å². The molecule has 118 valence electrons. The number of piperidine rings is 2. The van der Waals surface area contributed by atoms with Crippen LogP contribution in [0.4, 0.5) is 0 Å². The van der Waals surface area contributed by atoms with Gasteiger partial charge in [0.05, 0.1) is 5.71 Å². The van der Waals surface area contributed by atoms with Gasteiger partial charge in [-0.15, -0.1) is 0 Å². The first-order valence-electron chi connectivity index (χ1n) is 8.38. The van der Waals surface area contributed by atoms with Gasteiger partial charge in [0.15, 0.2) is 5.78 Å². The van der Waals surface area contributed by atoms with Gasteiger partial charge in [0.1, 0.15) is 5.71 Å². The van der Waals surface area contributed by atoms with Crippen LogP contribution in [-0.4, -0.2) is 53.4 Å². The van der Waals surface area contributed by atoms with Crippen molar-refractivity contribution in [3.63, 3.8) is 0 Å². The largest absolute Gasteiger partial charge is 0.297 e. The second-order valence-electron chi connectivity index (χ2n) is 5.94. The number of hydrogen-bond acceptors (Lipinski definition) is 5. The van der Waals surface area contributed by atoms with Crippen molar-refractivity contribution in [3.8, 4) is 0 Å². The highest BCUT2D eigenvalue weighted by molar-refractivity contribution is 6.66. The van der Waals surface area contributed by atoms with Crippen molar-refractivity contribution in [2.75, 3.05) is 26.2 Å². The lowest BCUT2D eigenvalue weighted by molar-refractivity contribution is -0.112. The Morgan fingerprint density at radius 1 is 0.857 bits per heavy atom. The quantitative estimate of drug-likeness (QED) is 0.732. The van der Waals surface area contributed by atoms with E-state index in [9.17, 15) is 4.79 Å². The first-order chi connectivity index (χ1) is 10.2. The highest BCUT2D eigenvalue weighted by atomic mass is 16.1. The van der Waals surface area contributed by atoms with Crippen LogP contribution >= 0.6 is 0 Å². The van der Waals surface area contributed by atoms with E-state index in [0.717, 1.165) is 31.9 Å². The van der Waals surface area contributed by atoms with Gasteiger partial charge in [-0.3, -0.25) is 14.8 Å².